The Bertz CT molecular complexity index is 548. The van der Waals surface area contributed by atoms with Crippen LogP contribution in [0.25, 0.3) is 5.65 Å². The SMILES string of the molecule is CCN(CC)C1CCN(c2ccc3nnnn3n2)C1. The number of hydrogen-bond acceptors (Lipinski definition) is 6. The number of rotatable bonds is 4. The van der Waals surface area contributed by atoms with Crippen molar-refractivity contribution in [3.8, 4) is 0 Å². The van der Waals surface area contributed by atoms with E-state index in [1.807, 2.05) is 12.1 Å². The molecule has 1 aliphatic rings. The summed E-state index contributed by atoms with van der Waals surface area (Å²) in [5.41, 5.74) is 0.684. The van der Waals surface area contributed by atoms with Crippen LogP contribution in [0.3, 0.4) is 0 Å². The van der Waals surface area contributed by atoms with Crippen molar-refractivity contribution >= 4 is 11.5 Å². The molecule has 102 valence electrons. The van der Waals surface area contributed by atoms with Gasteiger partial charge in [-0.25, -0.2) is 0 Å². The van der Waals surface area contributed by atoms with E-state index in [0.29, 0.717) is 11.7 Å². The van der Waals surface area contributed by atoms with Crippen molar-refractivity contribution in [3.63, 3.8) is 0 Å². The standard InChI is InChI=1S/C12H19N7/c1-3-17(4-2)10-7-8-18(9-10)12-6-5-11-13-15-16-19(11)14-12/h5-6,10H,3-4,7-9H2,1-2H3. The Labute approximate surface area is 112 Å². The van der Waals surface area contributed by atoms with Crippen LogP contribution in [0.15, 0.2) is 12.1 Å². The third kappa shape index (κ3) is 2.25. The molecule has 3 rings (SSSR count). The summed E-state index contributed by atoms with van der Waals surface area (Å²) in [6, 6.07) is 4.53. The molecule has 1 aliphatic heterocycles. The van der Waals surface area contributed by atoms with Gasteiger partial charge in [0, 0.05) is 19.1 Å². The van der Waals surface area contributed by atoms with Gasteiger partial charge in [0.2, 0.25) is 0 Å². The van der Waals surface area contributed by atoms with Crippen LogP contribution in [-0.4, -0.2) is 62.4 Å². The van der Waals surface area contributed by atoms with E-state index < -0.39 is 0 Å². The molecule has 0 aromatic carbocycles. The molecule has 0 aliphatic carbocycles. The fourth-order valence-electron chi connectivity index (χ4n) is 2.80. The molecular formula is C12H19N7. The van der Waals surface area contributed by atoms with Crippen LogP contribution in [-0.2, 0) is 0 Å². The van der Waals surface area contributed by atoms with Gasteiger partial charge in [0.25, 0.3) is 0 Å². The molecule has 7 nitrogen and oxygen atoms in total. The highest BCUT2D eigenvalue weighted by atomic mass is 15.6. The maximum atomic E-state index is 4.45. The highest BCUT2D eigenvalue weighted by Crippen LogP contribution is 2.21. The minimum atomic E-state index is 0.626. The van der Waals surface area contributed by atoms with Gasteiger partial charge in [-0.15, -0.1) is 14.8 Å². The van der Waals surface area contributed by atoms with Gasteiger partial charge in [-0.3, -0.25) is 4.90 Å². The van der Waals surface area contributed by atoms with Crippen molar-refractivity contribution in [3.05, 3.63) is 12.1 Å². The lowest BCUT2D eigenvalue weighted by Crippen LogP contribution is -2.37. The van der Waals surface area contributed by atoms with Gasteiger partial charge in [0.1, 0.15) is 0 Å². The van der Waals surface area contributed by atoms with Crippen LogP contribution in [0.5, 0.6) is 0 Å². The molecule has 0 amide bonds. The Balaban J connectivity index is 1.76. The van der Waals surface area contributed by atoms with Gasteiger partial charge in [-0.1, -0.05) is 13.8 Å². The zero-order valence-electron chi connectivity index (χ0n) is 11.4. The summed E-state index contributed by atoms with van der Waals surface area (Å²) in [5, 5.41) is 15.8. The monoisotopic (exact) mass is 261 g/mol. The van der Waals surface area contributed by atoms with Crippen molar-refractivity contribution in [2.75, 3.05) is 31.1 Å². The fourth-order valence-corrected chi connectivity index (χ4v) is 2.80. The first-order chi connectivity index (χ1) is 9.31. The first-order valence-corrected chi connectivity index (χ1v) is 6.86. The number of hydrogen-bond donors (Lipinski definition) is 0. The predicted octanol–water partition coefficient (Wildman–Crippen LogP) is 0.440. The van der Waals surface area contributed by atoms with E-state index in [4.69, 9.17) is 0 Å². The number of likely N-dealkylation sites (N-methyl/N-ethyl adjacent to an activating group) is 1. The number of fused-ring (bicyclic) bond motifs is 1. The first-order valence-electron chi connectivity index (χ1n) is 6.86. The smallest absolute Gasteiger partial charge is 0.200 e. The van der Waals surface area contributed by atoms with Gasteiger partial charge in [0.15, 0.2) is 11.5 Å². The maximum absolute atomic E-state index is 4.45. The molecule has 7 heteroatoms. The molecule has 2 aromatic rings. The molecular weight excluding hydrogens is 242 g/mol. The molecule has 1 fully saturated rings. The summed E-state index contributed by atoms with van der Waals surface area (Å²) in [6.07, 6.45) is 1.19. The van der Waals surface area contributed by atoms with E-state index in [9.17, 15) is 0 Å². The molecule has 1 atom stereocenters. The summed E-state index contributed by atoms with van der Waals surface area (Å²) < 4.78 is 1.49. The molecule has 1 unspecified atom stereocenters. The highest BCUT2D eigenvalue weighted by molar-refractivity contribution is 5.45. The second kappa shape index (κ2) is 5.08. The largest absolute Gasteiger partial charge is 0.353 e. The average Bonchev–Trinajstić information content (AvgIpc) is 3.08. The van der Waals surface area contributed by atoms with Gasteiger partial charge in [-0.05, 0) is 42.1 Å². The van der Waals surface area contributed by atoms with E-state index in [-0.39, 0.29) is 0 Å². The van der Waals surface area contributed by atoms with Crippen LogP contribution < -0.4 is 4.90 Å². The topological polar surface area (TPSA) is 62.5 Å². The summed E-state index contributed by atoms with van der Waals surface area (Å²) >= 11 is 0. The third-order valence-corrected chi connectivity index (χ3v) is 3.87. The molecule has 0 N–H and O–H groups in total. The molecule has 2 aromatic heterocycles. The van der Waals surface area contributed by atoms with Crippen LogP contribution in [0.2, 0.25) is 0 Å². The first kappa shape index (κ1) is 12.3. The molecule has 0 radical (unpaired) electrons. The summed E-state index contributed by atoms with van der Waals surface area (Å²) in [6.45, 7) is 8.72. The molecule has 0 bridgehead atoms. The Hall–Kier alpha value is -1.76. The molecule has 0 spiro atoms. The molecule has 19 heavy (non-hydrogen) atoms. The number of tetrazole rings is 1. The van der Waals surface area contributed by atoms with E-state index >= 15 is 0 Å². The van der Waals surface area contributed by atoms with Crippen molar-refractivity contribution in [2.24, 2.45) is 0 Å². The number of aromatic nitrogens is 5. The number of nitrogens with zero attached hydrogens (tertiary/aromatic N) is 7. The van der Waals surface area contributed by atoms with Crippen molar-refractivity contribution in [2.45, 2.75) is 26.3 Å². The van der Waals surface area contributed by atoms with Crippen LogP contribution in [0.4, 0.5) is 5.82 Å². The van der Waals surface area contributed by atoms with Crippen molar-refractivity contribution in [1.82, 2.24) is 30.2 Å². The second-order valence-electron chi connectivity index (χ2n) is 4.83. The summed E-state index contributed by atoms with van der Waals surface area (Å²) in [5.74, 6) is 0.953. The summed E-state index contributed by atoms with van der Waals surface area (Å²) in [4.78, 5) is 4.82. The lowest BCUT2D eigenvalue weighted by molar-refractivity contribution is 0.232. The second-order valence-corrected chi connectivity index (χ2v) is 4.83. The number of anilines is 1. The maximum Gasteiger partial charge on any atom is 0.200 e. The van der Waals surface area contributed by atoms with Crippen LogP contribution in [0, 0.1) is 0 Å². The van der Waals surface area contributed by atoms with Crippen LogP contribution >= 0.6 is 0 Å². The third-order valence-electron chi connectivity index (χ3n) is 3.87. The van der Waals surface area contributed by atoms with E-state index in [0.717, 1.165) is 32.0 Å². The minimum Gasteiger partial charge on any atom is -0.353 e. The minimum absolute atomic E-state index is 0.626. The fraction of sp³-hybridized carbons (Fsp3) is 0.667. The quantitative estimate of drug-likeness (QED) is 0.796. The van der Waals surface area contributed by atoms with Crippen molar-refractivity contribution in [1.29, 1.82) is 0 Å². The lowest BCUT2D eigenvalue weighted by Gasteiger charge is -2.26. The Morgan fingerprint density at radius 1 is 1.32 bits per heavy atom. The molecule has 3 heterocycles. The van der Waals surface area contributed by atoms with Crippen LogP contribution in [0.1, 0.15) is 20.3 Å². The van der Waals surface area contributed by atoms with Crippen molar-refractivity contribution < 1.29 is 0 Å². The highest BCUT2D eigenvalue weighted by Gasteiger charge is 2.27. The lowest BCUT2D eigenvalue weighted by atomic mass is 10.2. The van der Waals surface area contributed by atoms with Gasteiger partial charge in [0.05, 0.1) is 0 Å². The van der Waals surface area contributed by atoms with Gasteiger partial charge < -0.3 is 4.90 Å². The van der Waals surface area contributed by atoms with E-state index in [2.05, 4.69) is 44.3 Å². The van der Waals surface area contributed by atoms with Gasteiger partial charge >= 0.3 is 0 Å². The zero-order valence-corrected chi connectivity index (χ0v) is 11.4. The normalized spacial score (nSPS) is 19.7. The zero-order chi connectivity index (χ0) is 13.2. The predicted molar refractivity (Wildman–Crippen MR) is 72.1 cm³/mol. The van der Waals surface area contributed by atoms with Gasteiger partial charge in [-0.2, -0.15) is 0 Å². The Kier molecular flexibility index (Phi) is 3.29. The van der Waals surface area contributed by atoms with E-state index in [1.54, 1.807) is 0 Å². The molecule has 0 saturated carbocycles. The average molecular weight is 261 g/mol. The molecule has 1 saturated heterocycles. The van der Waals surface area contributed by atoms with E-state index in [1.165, 1.54) is 11.1 Å². The Morgan fingerprint density at radius 3 is 2.95 bits per heavy atom. The Morgan fingerprint density at radius 2 is 2.16 bits per heavy atom. The summed E-state index contributed by atoms with van der Waals surface area (Å²) in [7, 11) is 0.